The number of amides is 1. The molecule has 0 radical (unpaired) electrons. The van der Waals surface area contributed by atoms with Crippen LogP contribution < -0.4 is 5.32 Å². The molecule has 0 aliphatic carbocycles. The van der Waals surface area contributed by atoms with Crippen molar-refractivity contribution in [2.24, 2.45) is 0 Å². The molecular weight excluding hydrogens is 368 g/mol. The van der Waals surface area contributed by atoms with Crippen LogP contribution in [0.4, 0.5) is 8.78 Å². The summed E-state index contributed by atoms with van der Waals surface area (Å²) in [4.78, 5) is 23.9. The molecule has 3 rings (SSSR count). The van der Waals surface area contributed by atoms with Crippen molar-refractivity contribution in [1.29, 1.82) is 0 Å². The van der Waals surface area contributed by atoms with Gasteiger partial charge in [-0.2, -0.15) is 0 Å². The van der Waals surface area contributed by atoms with Crippen LogP contribution in [-0.2, 0) is 9.53 Å². The van der Waals surface area contributed by atoms with Crippen LogP contribution in [0, 0.1) is 18.6 Å². The number of benzene rings is 2. The van der Waals surface area contributed by atoms with E-state index in [4.69, 9.17) is 4.74 Å². The zero-order chi connectivity index (χ0) is 20.3. The maximum atomic E-state index is 14.7. The fraction of sp³-hybridized carbons (Fsp3) is 0.333. The summed E-state index contributed by atoms with van der Waals surface area (Å²) in [5.41, 5.74) is 0.568. The van der Waals surface area contributed by atoms with Crippen molar-refractivity contribution < 1.29 is 28.2 Å². The minimum atomic E-state index is -1.02. The number of aliphatic carboxylic acids is 1. The van der Waals surface area contributed by atoms with Gasteiger partial charge in [0.25, 0.3) is 5.91 Å². The summed E-state index contributed by atoms with van der Waals surface area (Å²) in [6.45, 7) is 2.38. The normalized spacial score (nSPS) is 15.8. The van der Waals surface area contributed by atoms with Crippen molar-refractivity contribution in [3.05, 3.63) is 59.2 Å². The molecule has 0 bridgehead atoms. The third kappa shape index (κ3) is 4.36. The number of aryl methyl sites for hydroxylation is 1. The lowest BCUT2D eigenvalue weighted by molar-refractivity contribution is -0.139. The highest BCUT2D eigenvalue weighted by Crippen LogP contribution is 2.29. The summed E-state index contributed by atoms with van der Waals surface area (Å²) in [6, 6.07) is 8.12. The van der Waals surface area contributed by atoms with Gasteiger partial charge < -0.3 is 15.2 Å². The lowest BCUT2D eigenvalue weighted by atomic mass is 9.86. The van der Waals surface area contributed by atoms with Gasteiger partial charge in [-0.15, -0.1) is 0 Å². The summed E-state index contributed by atoms with van der Waals surface area (Å²) in [6.07, 6.45) is 0.526. The number of ether oxygens (including phenoxy) is 1. The first kappa shape index (κ1) is 19.9. The molecule has 148 valence electrons. The van der Waals surface area contributed by atoms with Crippen molar-refractivity contribution >= 4 is 11.9 Å². The third-order valence-corrected chi connectivity index (χ3v) is 5.03. The number of carbonyl (C=O) groups is 2. The molecule has 0 aromatic heterocycles. The van der Waals surface area contributed by atoms with E-state index >= 15 is 0 Å². The zero-order valence-electron chi connectivity index (χ0n) is 15.4. The van der Waals surface area contributed by atoms with Crippen molar-refractivity contribution in [2.45, 2.75) is 31.7 Å². The molecule has 5 nitrogen and oxygen atoms in total. The molecule has 1 saturated heterocycles. The fourth-order valence-electron chi connectivity index (χ4n) is 3.51. The highest BCUT2D eigenvalue weighted by molar-refractivity contribution is 5.95. The number of hydrogen-bond donors (Lipinski definition) is 2. The second-order valence-electron chi connectivity index (χ2n) is 7.07. The van der Waals surface area contributed by atoms with Gasteiger partial charge in [-0.1, -0.05) is 12.1 Å². The Balaban J connectivity index is 1.84. The van der Waals surface area contributed by atoms with Crippen molar-refractivity contribution in [2.75, 3.05) is 13.2 Å². The molecule has 7 heteroatoms. The Morgan fingerprint density at radius 2 is 1.79 bits per heavy atom. The van der Waals surface area contributed by atoms with Crippen LogP contribution in [0.1, 0.15) is 35.2 Å². The fourth-order valence-corrected chi connectivity index (χ4v) is 3.51. The Hall–Kier alpha value is -2.80. The van der Waals surface area contributed by atoms with E-state index in [1.54, 1.807) is 6.92 Å². The Morgan fingerprint density at radius 3 is 2.39 bits per heavy atom. The van der Waals surface area contributed by atoms with Gasteiger partial charge >= 0.3 is 5.97 Å². The molecule has 1 fully saturated rings. The lowest BCUT2D eigenvalue weighted by Gasteiger charge is -2.36. The lowest BCUT2D eigenvalue weighted by Crippen LogP contribution is -2.53. The van der Waals surface area contributed by atoms with E-state index in [-0.39, 0.29) is 17.5 Å². The first-order valence-electron chi connectivity index (χ1n) is 8.98. The molecule has 0 atom stereocenters. The van der Waals surface area contributed by atoms with E-state index in [0.29, 0.717) is 37.2 Å². The molecule has 1 heterocycles. The highest BCUT2D eigenvalue weighted by atomic mass is 19.1. The molecule has 1 aliphatic heterocycles. The van der Waals surface area contributed by atoms with Crippen LogP contribution in [-0.4, -0.2) is 35.7 Å². The molecule has 1 amide bonds. The van der Waals surface area contributed by atoms with Crippen LogP contribution in [0.5, 0.6) is 0 Å². The summed E-state index contributed by atoms with van der Waals surface area (Å²) < 4.78 is 33.2. The van der Waals surface area contributed by atoms with Crippen molar-refractivity contribution in [1.82, 2.24) is 5.32 Å². The molecule has 1 aliphatic rings. The molecule has 2 N–H and O–H groups in total. The molecule has 0 spiro atoms. The summed E-state index contributed by atoms with van der Waals surface area (Å²) in [5, 5.41) is 12.0. The van der Waals surface area contributed by atoms with Crippen LogP contribution in [0.2, 0.25) is 0 Å². The largest absolute Gasteiger partial charge is 0.481 e. The molecule has 28 heavy (non-hydrogen) atoms. The van der Waals surface area contributed by atoms with Crippen LogP contribution >= 0.6 is 0 Å². The van der Waals surface area contributed by atoms with E-state index in [0.717, 1.165) is 6.07 Å². The van der Waals surface area contributed by atoms with E-state index in [1.807, 2.05) is 0 Å². The smallest absolute Gasteiger partial charge is 0.305 e. The van der Waals surface area contributed by atoms with Crippen LogP contribution in [0.3, 0.4) is 0 Å². The predicted molar refractivity (Wildman–Crippen MR) is 99.0 cm³/mol. The van der Waals surface area contributed by atoms with Gasteiger partial charge in [-0.05, 0) is 55.2 Å². The molecule has 0 unspecified atom stereocenters. The average Bonchev–Trinajstić information content (AvgIpc) is 2.62. The quantitative estimate of drug-likeness (QED) is 0.818. The van der Waals surface area contributed by atoms with E-state index < -0.39 is 29.0 Å². The van der Waals surface area contributed by atoms with Gasteiger partial charge in [0.15, 0.2) is 0 Å². The second-order valence-corrected chi connectivity index (χ2v) is 7.07. The Kier molecular flexibility index (Phi) is 5.74. The SMILES string of the molecule is Cc1cc(F)ccc1-c1ccc(C(=O)NC2(CC(=O)O)CCOCC2)cc1F. The summed E-state index contributed by atoms with van der Waals surface area (Å²) >= 11 is 0. The van der Waals surface area contributed by atoms with E-state index in [2.05, 4.69) is 5.32 Å². The number of carboxylic acid groups (broad SMARTS) is 1. The average molecular weight is 389 g/mol. The number of carboxylic acids is 1. The Morgan fingerprint density at radius 1 is 1.11 bits per heavy atom. The number of nitrogens with one attached hydrogen (secondary N) is 1. The predicted octanol–water partition coefficient (Wildman–Crippen LogP) is 3.69. The van der Waals surface area contributed by atoms with Gasteiger partial charge in [0.2, 0.25) is 0 Å². The minimum absolute atomic E-state index is 0.0947. The maximum absolute atomic E-state index is 14.7. The second kappa shape index (κ2) is 8.06. The van der Waals surface area contributed by atoms with Gasteiger partial charge in [-0.3, -0.25) is 9.59 Å². The summed E-state index contributed by atoms with van der Waals surface area (Å²) in [5.74, 6) is -2.57. The van der Waals surface area contributed by atoms with Gasteiger partial charge in [0, 0.05) is 24.3 Å². The number of hydrogen-bond acceptors (Lipinski definition) is 3. The highest BCUT2D eigenvalue weighted by Gasteiger charge is 2.36. The topological polar surface area (TPSA) is 75.6 Å². The molecule has 2 aromatic carbocycles. The van der Waals surface area contributed by atoms with Gasteiger partial charge in [-0.25, -0.2) is 8.78 Å². The third-order valence-electron chi connectivity index (χ3n) is 5.03. The van der Waals surface area contributed by atoms with Crippen molar-refractivity contribution in [3.63, 3.8) is 0 Å². The minimum Gasteiger partial charge on any atom is -0.481 e. The maximum Gasteiger partial charge on any atom is 0.305 e. The van der Waals surface area contributed by atoms with Gasteiger partial charge in [0.1, 0.15) is 11.6 Å². The monoisotopic (exact) mass is 389 g/mol. The van der Waals surface area contributed by atoms with Crippen LogP contribution in [0.15, 0.2) is 36.4 Å². The first-order chi connectivity index (χ1) is 13.3. The van der Waals surface area contributed by atoms with Crippen molar-refractivity contribution in [3.8, 4) is 11.1 Å². The zero-order valence-corrected chi connectivity index (χ0v) is 15.4. The Bertz CT molecular complexity index is 907. The van der Waals surface area contributed by atoms with Crippen LogP contribution in [0.25, 0.3) is 11.1 Å². The first-order valence-corrected chi connectivity index (χ1v) is 8.98. The van der Waals surface area contributed by atoms with Gasteiger partial charge in [0.05, 0.1) is 12.0 Å². The number of rotatable bonds is 5. The van der Waals surface area contributed by atoms with E-state index in [9.17, 15) is 23.5 Å². The standard InChI is InChI=1S/C21H21F2NO4/c1-13-10-15(22)3-5-16(13)17-4-2-14(11-18(17)23)20(27)24-21(12-19(25)26)6-8-28-9-7-21/h2-5,10-11H,6-9,12H2,1H3,(H,24,27)(H,25,26). The summed E-state index contributed by atoms with van der Waals surface area (Å²) in [7, 11) is 0. The number of carbonyl (C=O) groups excluding carboxylic acids is 1. The molecular formula is C21H21F2NO4. The number of halogens is 2. The Labute approximate surface area is 161 Å². The van der Waals surface area contributed by atoms with E-state index in [1.165, 1.54) is 30.3 Å². The molecule has 2 aromatic rings. The molecule has 0 saturated carbocycles.